The molecule has 0 spiro atoms. The molecule has 2 aromatic heterocycles. The van der Waals surface area contributed by atoms with Crippen LogP contribution in [0.1, 0.15) is 16.4 Å². The van der Waals surface area contributed by atoms with Gasteiger partial charge in [0.05, 0.1) is 24.5 Å². The first-order chi connectivity index (χ1) is 11.5. The van der Waals surface area contributed by atoms with Gasteiger partial charge in [-0.25, -0.2) is 9.78 Å². The number of nitrogens with zero attached hydrogens (tertiary/aromatic N) is 5. The molecule has 3 rings (SSSR count). The van der Waals surface area contributed by atoms with Crippen LogP contribution in [0.25, 0.3) is 0 Å². The molecule has 0 atom stereocenters. The third-order valence-electron chi connectivity index (χ3n) is 3.71. The van der Waals surface area contributed by atoms with Gasteiger partial charge in [0, 0.05) is 31.1 Å². The molecule has 0 bridgehead atoms. The van der Waals surface area contributed by atoms with Gasteiger partial charge in [-0.3, -0.25) is 14.9 Å². The van der Waals surface area contributed by atoms with Crippen LogP contribution in [-0.4, -0.2) is 58.3 Å². The fraction of sp³-hybridized carbons (Fsp3) is 0.533. The Labute approximate surface area is 145 Å². The first kappa shape index (κ1) is 16.9. The van der Waals surface area contributed by atoms with Crippen molar-refractivity contribution in [1.29, 1.82) is 0 Å². The maximum Gasteiger partial charge on any atom is 0.320 e. The lowest BCUT2D eigenvalue weighted by atomic mass is 10.3. The number of carbonyl (C=O) groups excluding carboxylic acids is 1. The van der Waals surface area contributed by atoms with Crippen molar-refractivity contribution in [1.82, 2.24) is 29.9 Å². The van der Waals surface area contributed by atoms with Crippen molar-refractivity contribution in [3.8, 4) is 0 Å². The highest BCUT2D eigenvalue weighted by atomic mass is 32.1. The molecule has 0 fully saturated rings. The number of anilines is 1. The fourth-order valence-corrected chi connectivity index (χ4v) is 3.33. The van der Waals surface area contributed by atoms with E-state index >= 15 is 0 Å². The third-order valence-corrected chi connectivity index (χ3v) is 4.61. The maximum atomic E-state index is 12.0. The SMILES string of the molecule is CN(C)Cc1csc(CNC(=O)Nc2cc3n(n2)CCN(C)C3)n1. The van der Waals surface area contributed by atoms with E-state index in [-0.39, 0.29) is 6.03 Å². The number of hydrogen-bond acceptors (Lipinski definition) is 6. The van der Waals surface area contributed by atoms with Gasteiger partial charge in [-0.2, -0.15) is 5.10 Å². The second-order valence-electron chi connectivity index (χ2n) is 6.26. The summed E-state index contributed by atoms with van der Waals surface area (Å²) in [7, 11) is 6.09. The largest absolute Gasteiger partial charge is 0.331 e. The minimum absolute atomic E-state index is 0.261. The number of nitrogens with one attached hydrogen (secondary N) is 2. The zero-order valence-corrected chi connectivity index (χ0v) is 15.1. The molecule has 0 unspecified atom stereocenters. The van der Waals surface area contributed by atoms with Gasteiger partial charge in [-0.15, -0.1) is 11.3 Å². The van der Waals surface area contributed by atoms with Crippen LogP contribution >= 0.6 is 11.3 Å². The lowest BCUT2D eigenvalue weighted by Gasteiger charge is -2.22. The average molecular weight is 349 g/mol. The summed E-state index contributed by atoms with van der Waals surface area (Å²) in [5, 5.41) is 13.0. The van der Waals surface area contributed by atoms with Crippen molar-refractivity contribution in [2.24, 2.45) is 0 Å². The molecule has 0 radical (unpaired) electrons. The predicted octanol–water partition coefficient (Wildman–Crippen LogP) is 1.17. The number of hydrogen-bond donors (Lipinski definition) is 2. The molecule has 130 valence electrons. The van der Waals surface area contributed by atoms with E-state index in [1.165, 1.54) is 0 Å². The van der Waals surface area contributed by atoms with Crippen LogP contribution in [0.15, 0.2) is 11.4 Å². The van der Waals surface area contributed by atoms with Crippen LogP contribution in [0.3, 0.4) is 0 Å². The van der Waals surface area contributed by atoms with E-state index in [0.29, 0.717) is 12.4 Å². The Morgan fingerprint density at radius 2 is 2.25 bits per heavy atom. The Hall–Kier alpha value is -1.97. The van der Waals surface area contributed by atoms with Crippen molar-refractivity contribution < 1.29 is 4.79 Å². The van der Waals surface area contributed by atoms with E-state index in [0.717, 1.165) is 42.6 Å². The van der Waals surface area contributed by atoms with Crippen molar-refractivity contribution in [2.45, 2.75) is 26.2 Å². The van der Waals surface area contributed by atoms with E-state index < -0.39 is 0 Å². The lowest BCUT2D eigenvalue weighted by molar-refractivity contribution is 0.251. The molecule has 2 aromatic rings. The molecular weight excluding hydrogens is 326 g/mol. The van der Waals surface area contributed by atoms with E-state index in [2.05, 4.69) is 37.6 Å². The highest BCUT2D eigenvalue weighted by Crippen LogP contribution is 2.15. The predicted molar refractivity (Wildman–Crippen MR) is 93.9 cm³/mol. The van der Waals surface area contributed by atoms with Gasteiger partial charge >= 0.3 is 6.03 Å². The first-order valence-corrected chi connectivity index (χ1v) is 8.75. The molecule has 2 N–H and O–H groups in total. The van der Waals surface area contributed by atoms with Gasteiger partial charge in [0.1, 0.15) is 5.01 Å². The Balaban J connectivity index is 1.50. The summed E-state index contributed by atoms with van der Waals surface area (Å²) in [4.78, 5) is 20.8. The summed E-state index contributed by atoms with van der Waals surface area (Å²) in [6.45, 7) is 3.89. The van der Waals surface area contributed by atoms with E-state index in [9.17, 15) is 4.79 Å². The van der Waals surface area contributed by atoms with Gasteiger partial charge in [0.2, 0.25) is 0 Å². The number of aromatic nitrogens is 3. The Morgan fingerprint density at radius 3 is 3.04 bits per heavy atom. The van der Waals surface area contributed by atoms with Gasteiger partial charge in [0.15, 0.2) is 5.82 Å². The summed E-state index contributed by atoms with van der Waals surface area (Å²) >= 11 is 1.56. The molecule has 0 saturated heterocycles. The van der Waals surface area contributed by atoms with Crippen molar-refractivity contribution in [3.63, 3.8) is 0 Å². The number of carbonyl (C=O) groups is 1. The highest BCUT2D eigenvalue weighted by molar-refractivity contribution is 7.09. The summed E-state index contributed by atoms with van der Waals surface area (Å²) in [5.74, 6) is 0.588. The van der Waals surface area contributed by atoms with Gasteiger partial charge < -0.3 is 10.2 Å². The quantitative estimate of drug-likeness (QED) is 0.847. The number of urea groups is 1. The van der Waals surface area contributed by atoms with Crippen LogP contribution in [-0.2, 0) is 26.2 Å². The summed E-state index contributed by atoms with van der Waals surface area (Å²) < 4.78 is 1.95. The smallest absolute Gasteiger partial charge is 0.320 e. The molecule has 24 heavy (non-hydrogen) atoms. The van der Waals surface area contributed by atoms with Crippen molar-refractivity contribution >= 4 is 23.2 Å². The Morgan fingerprint density at radius 1 is 1.42 bits per heavy atom. The Kier molecular flexibility index (Phi) is 5.12. The van der Waals surface area contributed by atoms with E-state index in [1.54, 1.807) is 11.3 Å². The summed E-state index contributed by atoms with van der Waals surface area (Å²) in [6, 6.07) is 1.66. The van der Waals surface area contributed by atoms with Crippen LogP contribution in [0.5, 0.6) is 0 Å². The zero-order chi connectivity index (χ0) is 17.1. The average Bonchev–Trinajstić information content (AvgIpc) is 3.10. The van der Waals surface area contributed by atoms with Gasteiger partial charge in [-0.05, 0) is 21.1 Å². The van der Waals surface area contributed by atoms with E-state index in [1.807, 2.05) is 30.2 Å². The molecule has 0 aliphatic carbocycles. The first-order valence-electron chi connectivity index (χ1n) is 7.88. The van der Waals surface area contributed by atoms with Gasteiger partial charge in [-0.1, -0.05) is 0 Å². The van der Waals surface area contributed by atoms with E-state index in [4.69, 9.17) is 0 Å². The zero-order valence-electron chi connectivity index (χ0n) is 14.2. The molecule has 0 saturated carbocycles. The second-order valence-corrected chi connectivity index (χ2v) is 7.20. The van der Waals surface area contributed by atoms with Crippen LogP contribution in [0.4, 0.5) is 10.6 Å². The molecule has 0 aromatic carbocycles. The minimum atomic E-state index is -0.261. The number of rotatable bonds is 5. The minimum Gasteiger partial charge on any atom is -0.331 e. The lowest BCUT2D eigenvalue weighted by Crippen LogP contribution is -2.30. The fourth-order valence-electron chi connectivity index (χ4n) is 2.60. The molecule has 3 heterocycles. The van der Waals surface area contributed by atoms with Crippen LogP contribution < -0.4 is 10.6 Å². The number of thiazole rings is 1. The Bertz CT molecular complexity index is 708. The number of fused-ring (bicyclic) bond motifs is 1. The van der Waals surface area contributed by atoms with Gasteiger partial charge in [0.25, 0.3) is 0 Å². The monoisotopic (exact) mass is 349 g/mol. The standard InChI is InChI=1S/C15H23N7OS/c1-20(2)8-11-10-24-14(17-11)7-16-15(23)18-13-6-12-9-21(3)4-5-22(12)19-13/h6,10H,4-5,7-9H2,1-3H3,(H2,16,18,19,23). The molecule has 2 amide bonds. The maximum absolute atomic E-state index is 12.0. The molecule has 1 aliphatic rings. The van der Waals surface area contributed by atoms with Crippen LogP contribution in [0, 0.1) is 0 Å². The second kappa shape index (κ2) is 7.29. The normalized spacial score (nSPS) is 14.7. The molecule has 8 nitrogen and oxygen atoms in total. The molecule has 9 heteroatoms. The summed E-state index contributed by atoms with van der Waals surface area (Å²) in [5.41, 5.74) is 2.14. The number of likely N-dealkylation sites (N-methyl/N-ethyl adjacent to an activating group) is 1. The third kappa shape index (κ3) is 4.31. The molecular formula is C15H23N7OS. The van der Waals surface area contributed by atoms with Crippen molar-refractivity contribution in [2.75, 3.05) is 33.0 Å². The topological polar surface area (TPSA) is 78.3 Å². The van der Waals surface area contributed by atoms with Crippen LogP contribution in [0.2, 0.25) is 0 Å². The number of amides is 2. The highest BCUT2D eigenvalue weighted by Gasteiger charge is 2.16. The summed E-state index contributed by atoms with van der Waals surface area (Å²) in [6.07, 6.45) is 0. The molecule has 1 aliphatic heterocycles. The van der Waals surface area contributed by atoms with Crippen molar-refractivity contribution in [3.05, 3.63) is 27.8 Å².